The fraction of sp³-hybridized carbons (Fsp3) is 0.279. The molecule has 314 valence electrons. The lowest BCUT2D eigenvalue weighted by Crippen LogP contribution is -2.03. The predicted molar refractivity (Wildman–Crippen MR) is 270 cm³/mol. The molecule has 8 rings (SSSR count). The van der Waals surface area contributed by atoms with E-state index in [9.17, 15) is 0 Å². The van der Waals surface area contributed by atoms with Gasteiger partial charge in [-0.2, -0.15) is 0 Å². The second-order valence-corrected chi connectivity index (χ2v) is 17.1. The van der Waals surface area contributed by atoms with Crippen LogP contribution in [0.5, 0.6) is 0 Å². The Morgan fingerprint density at radius 3 is 1.57 bits per heavy atom. The Morgan fingerprint density at radius 1 is 0.607 bits per heavy atom. The normalized spacial score (nSPS) is 15.3. The lowest BCUT2D eigenvalue weighted by molar-refractivity contribution is 0.504. The summed E-state index contributed by atoms with van der Waals surface area (Å²) >= 11 is 0. The Morgan fingerprint density at radius 2 is 1.13 bits per heavy atom. The van der Waals surface area contributed by atoms with Crippen LogP contribution in [0.1, 0.15) is 131 Å². The Hall–Kier alpha value is -5.72. The molecule has 0 aliphatic heterocycles. The van der Waals surface area contributed by atoms with Gasteiger partial charge in [-0.25, -0.2) is 0 Å². The molecule has 1 fully saturated rings. The van der Waals surface area contributed by atoms with E-state index >= 15 is 0 Å². The van der Waals surface area contributed by atoms with Crippen molar-refractivity contribution in [3.63, 3.8) is 0 Å². The standard InChI is InChI=1S/C38H44.C12H10.C7H8.C4H8/c1-8-27(4)37(24-29(6)31-12-10-9-11-13-31)38-25-36(15-14-28(38)5)35-22-20-34(21-23-35)33-18-16-32(17-19-33)30(7)26(2)3;1-3-7-11(8-4-1)12-9-5-2-6-10-12;1-7-5-3-2-4-6-7;1-2-4-3-1/h9-22,24-26,30,35H,8,23H2,1-7H3;1-10H;2-6H,1H3;1-4H2/b29-24+,37-27+;;;. The van der Waals surface area contributed by atoms with E-state index in [-0.39, 0.29) is 0 Å². The Kier molecular flexibility index (Phi) is 18.6. The van der Waals surface area contributed by atoms with E-state index < -0.39 is 0 Å². The van der Waals surface area contributed by atoms with Crippen LogP contribution < -0.4 is 0 Å². The van der Waals surface area contributed by atoms with Gasteiger partial charge in [0.15, 0.2) is 0 Å². The zero-order chi connectivity index (χ0) is 43.4. The molecule has 0 nitrogen and oxygen atoms in total. The van der Waals surface area contributed by atoms with Crippen LogP contribution in [-0.2, 0) is 0 Å². The molecule has 0 spiro atoms. The number of benzene rings is 6. The van der Waals surface area contributed by atoms with Crippen molar-refractivity contribution in [2.75, 3.05) is 0 Å². The molecule has 6 aromatic carbocycles. The first-order chi connectivity index (χ1) is 29.6. The minimum Gasteiger partial charge on any atom is -0.0761 e. The van der Waals surface area contributed by atoms with Crippen molar-refractivity contribution >= 4 is 16.7 Å². The summed E-state index contributed by atoms with van der Waals surface area (Å²) in [6.07, 6.45) is 17.6. The monoisotopic (exact) mass is 803 g/mol. The van der Waals surface area contributed by atoms with Crippen molar-refractivity contribution in [2.24, 2.45) is 5.92 Å². The van der Waals surface area contributed by atoms with Crippen LogP contribution in [0.4, 0.5) is 0 Å². The quantitative estimate of drug-likeness (QED) is 0.128. The minimum atomic E-state index is 0.403. The summed E-state index contributed by atoms with van der Waals surface area (Å²) in [6.45, 7) is 18.0. The molecule has 61 heavy (non-hydrogen) atoms. The predicted octanol–water partition coefficient (Wildman–Crippen LogP) is 18.1. The van der Waals surface area contributed by atoms with Gasteiger partial charge in [-0.1, -0.05) is 253 Å². The summed E-state index contributed by atoms with van der Waals surface area (Å²) in [5.41, 5.74) is 17.4. The molecule has 2 atom stereocenters. The van der Waals surface area contributed by atoms with Crippen LogP contribution in [0.25, 0.3) is 27.8 Å². The van der Waals surface area contributed by atoms with E-state index in [0.29, 0.717) is 17.8 Å². The summed E-state index contributed by atoms with van der Waals surface area (Å²) in [7, 11) is 0. The van der Waals surface area contributed by atoms with E-state index in [1.165, 1.54) is 98.0 Å². The lowest BCUT2D eigenvalue weighted by Gasteiger charge is -2.20. The summed E-state index contributed by atoms with van der Waals surface area (Å²) in [4.78, 5) is 0. The molecule has 1 saturated carbocycles. The van der Waals surface area contributed by atoms with Crippen LogP contribution >= 0.6 is 0 Å². The topological polar surface area (TPSA) is 0 Å². The summed E-state index contributed by atoms with van der Waals surface area (Å²) in [6, 6.07) is 58.0. The smallest absolute Gasteiger partial charge is 0.00563 e. The minimum absolute atomic E-state index is 0.403. The number of aryl methyl sites for hydroxylation is 2. The van der Waals surface area contributed by atoms with Crippen LogP contribution in [0, 0.1) is 19.8 Å². The average Bonchev–Trinajstić information content (AvgIpc) is 3.29. The first-order valence-electron chi connectivity index (χ1n) is 22.8. The van der Waals surface area contributed by atoms with Crippen LogP contribution in [0.15, 0.2) is 194 Å². The maximum atomic E-state index is 2.44. The third kappa shape index (κ3) is 14.5. The van der Waals surface area contributed by atoms with E-state index in [0.717, 1.165) is 12.8 Å². The first-order valence-corrected chi connectivity index (χ1v) is 22.8. The number of hydrogen-bond donors (Lipinski definition) is 0. The number of rotatable bonds is 9. The molecule has 0 saturated heterocycles. The summed E-state index contributed by atoms with van der Waals surface area (Å²) < 4.78 is 0. The van der Waals surface area contributed by atoms with E-state index in [2.05, 4.69) is 213 Å². The molecule has 0 heteroatoms. The van der Waals surface area contributed by atoms with Gasteiger partial charge in [-0.3, -0.25) is 0 Å². The molecule has 0 heterocycles. The van der Waals surface area contributed by atoms with Gasteiger partial charge < -0.3 is 0 Å². The van der Waals surface area contributed by atoms with E-state index in [1.807, 2.05) is 30.3 Å². The molecule has 0 aromatic heterocycles. The highest BCUT2D eigenvalue weighted by Crippen LogP contribution is 2.36. The SMILES string of the molecule is C1CCC1.CC/C(C)=C(\C=C(/C)c1ccccc1)c1cc(C2C=CC(c3ccc(C(C)C(C)C)cc3)=CC2)ccc1C.Cc1ccccc1.c1ccc(-c2ccccc2)cc1. The first kappa shape index (κ1) is 46.3. The Labute approximate surface area is 370 Å². The highest BCUT2D eigenvalue weighted by molar-refractivity contribution is 5.86. The Bertz CT molecular complexity index is 2260. The highest BCUT2D eigenvalue weighted by atomic mass is 14.2. The van der Waals surface area contributed by atoms with Crippen LogP contribution in [0.2, 0.25) is 0 Å². The number of hydrogen-bond acceptors (Lipinski definition) is 0. The van der Waals surface area contributed by atoms with E-state index in [1.54, 1.807) is 0 Å². The molecule has 0 amide bonds. The Balaban J connectivity index is 0.000000244. The third-order valence-corrected chi connectivity index (χ3v) is 12.3. The van der Waals surface area contributed by atoms with Gasteiger partial charge in [0.2, 0.25) is 0 Å². The number of allylic oxidation sites excluding steroid dienone is 8. The maximum Gasteiger partial charge on any atom is 0.00563 e. The van der Waals surface area contributed by atoms with Gasteiger partial charge in [0.05, 0.1) is 0 Å². The second-order valence-electron chi connectivity index (χ2n) is 17.1. The van der Waals surface area contributed by atoms with Gasteiger partial charge in [0, 0.05) is 5.92 Å². The van der Waals surface area contributed by atoms with Gasteiger partial charge in [-0.05, 0) is 114 Å². The van der Waals surface area contributed by atoms with Crippen molar-refractivity contribution in [2.45, 2.75) is 106 Å². The van der Waals surface area contributed by atoms with Crippen molar-refractivity contribution < 1.29 is 0 Å². The van der Waals surface area contributed by atoms with Gasteiger partial charge >= 0.3 is 0 Å². The van der Waals surface area contributed by atoms with Crippen LogP contribution in [0.3, 0.4) is 0 Å². The van der Waals surface area contributed by atoms with Gasteiger partial charge in [-0.15, -0.1) is 0 Å². The average molecular weight is 803 g/mol. The zero-order valence-corrected chi connectivity index (χ0v) is 38.4. The molecule has 2 aliphatic carbocycles. The van der Waals surface area contributed by atoms with Crippen molar-refractivity contribution in [1.29, 1.82) is 0 Å². The second kappa shape index (κ2) is 24.5. The molecule has 0 N–H and O–H groups in total. The third-order valence-electron chi connectivity index (χ3n) is 12.3. The largest absolute Gasteiger partial charge is 0.0761 e. The molecule has 2 unspecified atom stereocenters. The molecule has 0 bridgehead atoms. The molecule has 6 aromatic rings. The maximum absolute atomic E-state index is 2.44. The van der Waals surface area contributed by atoms with Crippen molar-refractivity contribution in [1.82, 2.24) is 0 Å². The molecule has 0 radical (unpaired) electrons. The highest BCUT2D eigenvalue weighted by Gasteiger charge is 2.16. The summed E-state index contributed by atoms with van der Waals surface area (Å²) in [5, 5.41) is 0. The molecule has 2 aliphatic rings. The van der Waals surface area contributed by atoms with Crippen molar-refractivity contribution in [3.05, 3.63) is 233 Å². The zero-order valence-electron chi connectivity index (χ0n) is 38.4. The fourth-order valence-corrected chi connectivity index (χ4v) is 7.27. The lowest BCUT2D eigenvalue weighted by atomic mass is 9.84. The van der Waals surface area contributed by atoms with Crippen LogP contribution in [-0.4, -0.2) is 0 Å². The van der Waals surface area contributed by atoms with Gasteiger partial charge in [0.1, 0.15) is 0 Å². The van der Waals surface area contributed by atoms with Crippen molar-refractivity contribution in [3.8, 4) is 11.1 Å². The van der Waals surface area contributed by atoms with Gasteiger partial charge in [0.25, 0.3) is 0 Å². The van der Waals surface area contributed by atoms with E-state index in [4.69, 9.17) is 0 Å². The fourth-order valence-electron chi connectivity index (χ4n) is 7.27. The molecular formula is C61H70. The summed E-state index contributed by atoms with van der Waals surface area (Å²) in [5.74, 6) is 1.64. The molecular weight excluding hydrogens is 733 g/mol.